The van der Waals surface area contributed by atoms with E-state index in [-0.39, 0.29) is 44.8 Å². The van der Waals surface area contributed by atoms with Gasteiger partial charge in [-0.25, -0.2) is 9.40 Å². The van der Waals surface area contributed by atoms with E-state index in [9.17, 15) is 28.9 Å². The molecule has 6 atom stereocenters. The number of hydrazine groups is 1. The van der Waals surface area contributed by atoms with E-state index in [4.69, 9.17) is 0 Å². The minimum absolute atomic E-state index is 0.0166. The van der Waals surface area contributed by atoms with Gasteiger partial charge in [-0.1, -0.05) is 56.1 Å². The fourth-order valence-electron chi connectivity index (χ4n) is 5.49. The molecule has 176 valence electrons. The van der Waals surface area contributed by atoms with Gasteiger partial charge in [0.15, 0.2) is 0 Å². The van der Waals surface area contributed by atoms with Gasteiger partial charge >= 0.3 is 0 Å². The van der Waals surface area contributed by atoms with Crippen molar-refractivity contribution in [3.8, 4) is 0 Å². The lowest BCUT2D eigenvalue weighted by molar-refractivity contribution is -0.384. The molecule has 2 bridgehead atoms. The number of fused-ring (bicyclic) bond motifs is 5. The molecule has 0 unspecified atom stereocenters. The van der Waals surface area contributed by atoms with Crippen LogP contribution in [0.5, 0.6) is 0 Å². The Morgan fingerprint density at radius 1 is 1.06 bits per heavy atom. The Bertz CT molecular complexity index is 1190. The number of alkyl halides is 2. The summed E-state index contributed by atoms with van der Waals surface area (Å²) in [7, 11) is 0. The average molecular weight is 595 g/mol. The second kappa shape index (κ2) is 8.53. The monoisotopic (exact) mass is 593 g/mol. The molecule has 2 aliphatic carbocycles. The molecule has 0 N–H and O–H groups in total. The van der Waals surface area contributed by atoms with Gasteiger partial charge in [0.05, 0.1) is 23.3 Å². The number of nitro groups is 1. The molecule has 1 aliphatic heterocycles. The maximum absolute atomic E-state index is 14.5. The van der Waals surface area contributed by atoms with Crippen molar-refractivity contribution in [3.63, 3.8) is 0 Å². The first-order chi connectivity index (χ1) is 16.2. The number of halogens is 3. The highest BCUT2D eigenvalue weighted by Crippen LogP contribution is 2.60. The van der Waals surface area contributed by atoms with Gasteiger partial charge in [0.1, 0.15) is 5.82 Å². The SMILES string of the molecule is O=C(c1cccc([N+](=O)[O-])c1)N(Cc1ccccc1F)N1C(=O)[C@@H]2[C@H]3C[C@@H]([C@H](Br)[C@H]3Br)[C@H]2C1=O. The predicted molar refractivity (Wildman–Crippen MR) is 125 cm³/mol. The van der Waals surface area contributed by atoms with Crippen LogP contribution in [0.15, 0.2) is 48.5 Å². The Morgan fingerprint density at radius 3 is 2.26 bits per heavy atom. The Hall–Kier alpha value is -2.66. The molecule has 5 rings (SSSR count). The number of non-ortho nitro benzene ring substituents is 1. The summed E-state index contributed by atoms with van der Waals surface area (Å²) < 4.78 is 14.5. The number of hydrogen-bond donors (Lipinski definition) is 0. The Kier molecular flexibility index (Phi) is 5.79. The number of nitrogens with zero attached hydrogens (tertiary/aromatic N) is 3. The lowest BCUT2D eigenvalue weighted by Gasteiger charge is -2.31. The van der Waals surface area contributed by atoms with Crippen LogP contribution in [0.4, 0.5) is 10.1 Å². The summed E-state index contributed by atoms with van der Waals surface area (Å²) in [6.07, 6.45) is 0.721. The third-order valence-electron chi connectivity index (χ3n) is 7.02. The van der Waals surface area contributed by atoms with E-state index >= 15 is 0 Å². The predicted octanol–water partition coefficient (Wildman–Crippen LogP) is 4.07. The minimum Gasteiger partial charge on any atom is -0.272 e. The van der Waals surface area contributed by atoms with Gasteiger partial charge in [-0.15, -0.1) is 0 Å². The van der Waals surface area contributed by atoms with Gasteiger partial charge in [-0.3, -0.25) is 24.5 Å². The second-order valence-corrected chi connectivity index (χ2v) is 10.9. The number of carbonyl (C=O) groups is 3. The quantitative estimate of drug-likeness (QED) is 0.225. The third kappa shape index (κ3) is 3.48. The van der Waals surface area contributed by atoms with Crippen molar-refractivity contribution in [2.24, 2.45) is 23.7 Å². The van der Waals surface area contributed by atoms with Crippen molar-refractivity contribution in [2.45, 2.75) is 22.6 Å². The topological polar surface area (TPSA) is 101 Å². The van der Waals surface area contributed by atoms with E-state index in [0.717, 1.165) is 22.5 Å². The Labute approximate surface area is 210 Å². The molecule has 3 fully saturated rings. The summed E-state index contributed by atoms with van der Waals surface area (Å²) in [5.74, 6) is -3.67. The van der Waals surface area contributed by atoms with Crippen molar-refractivity contribution in [1.29, 1.82) is 0 Å². The minimum atomic E-state index is -0.799. The highest BCUT2D eigenvalue weighted by Gasteiger charge is 2.67. The van der Waals surface area contributed by atoms with Gasteiger partial charge in [0, 0.05) is 32.9 Å². The fraction of sp³-hybridized carbons (Fsp3) is 0.348. The molecule has 2 aromatic carbocycles. The zero-order valence-corrected chi connectivity index (χ0v) is 20.7. The standard InChI is InChI=1S/C23H18Br2FN3O5/c24-19-14-9-15(20(19)25)18-17(14)22(31)28(23(18)32)27(10-12-4-1-2-7-16(12)26)21(30)11-5-3-6-13(8-11)29(33)34/h1-8,14-15,17-20H,9-10H2/t14-,15-,17-,18-,19+,20+/m1/s1. The number of amides is 3. The largest absolute Gasteiger partial charge is 0.273 e. The van der Waals surface area contributed by atoms with Crippen LogP contribution in [-0.2, 0) is 16.1 Å². The van der Waals surface area contributed by atoms with Crippen LogP contribution < -0.4 is 0 Å². The van der Waals surface area contributed by atoms with Crippen molar-refractivity contribution in [3.05, 3.63) is 75.6 Å². The number of benzene rings is 2. The summed E-state index contributed by atoms with van der Waals surface area (Å²) in [5.41, 5.74) is -0.281. The van der Waals surface area contributed by atoms with Crippen molar-refractivity contribution in [1.82, 2.24) is 10.0 Å². The number of hydrogen-bond acceptors (Lipinski definition) is 5. The molecular formula is C23H18Br2FN3O5. The van der Waals surface area contributed by atoms with Crippen molar-refractivity contribution >= 4 is 55.3 Å². The van der Waals surface area contributed by atoms with Crippen LogP contribution in [0.25, 0.3) is 0 Å². The molecule has 0 aromatic heterocycles. The van der Waals surface area contributed by atoms with E-state index < -0.39 is 40.3 Å². The molecule has 2 saturated carbocycles. The van der Waals surface area contributed by atoms with Crippen LogP contribution in [0.3, 0.4) is 0 Å². The molecule has 2 aromatic rings. The molecule has 1 heterocycles. The lowest BCUT2D eigenvalue weighted by Crippen LogP contribution is -2.50. The lowest BCUT2D eigenvalue weighted by atomic mass is 9.81. The maximum Gasteiger partial charge on any atom is 0.273 e. The molecule has 0 radical (unpaired) electrons. The Morgan fingerprint density at radius 2 is 1.68 bits per heavy atom. The summed E-state index contributed by atoms with van der Waals surface area (Å²) in [6, 6.07) is 10.8. The second-order valence-electron chi connectivity index (χ2n) is 8.75. The van der Waals surface area contributed by atoms with Gasteiger partial charge in [-0.2, -0.15) is 5.01 Å². The molecule has 0 spiro atoms. The number of imide groups is 1. The van der Waals surface area contributed by atoms with E-state index in [0.29, 0.717) is 0 Å². The van der Waals surface area contributed by atoms with Crippen LogP contribution in [-0.4, -0.2) is 42.3 Å². The molecule has 8 nitrogen and oxygen atoms in total. The maximum atomic E-state index is 14.5. The Balaban J connectivity index is 1.55. The summed E-state index contributed by atoms with van der Waals surface area (Å²) in [5, 5.41) is 13.0. The zero-order valence-electron chi connectivity index (χ0n) is 17.5. The van der Waals surface area contributed by atoms with E-state index in [2.05, 4.69) is 31.9 Å². The first kappa shape index (κ1) is 23.1. The highest BCUT2D eigenvalue weighted by atomic mass is 79.9. The first-order valence-corrected chi connectivity index (χ1v) is 12.5. The summed E-state index contributed by atoms with van der Waals surface area (Å²) >= 11 is 7.26. The van der Waals surface area contributed by atoms with Crippen LogP contribution >= 0.6 is 31.9 Å². The molecule has 11 heteroatoms. The van der Waals surface area contributed by atoms with Crippen LogP contribution in [0.1, 0.15) is 22.3 Å². The normalized spacial score (nSPS) is 29.4. The van der Waals surface area contributed by atoms with E-state index in [1.165, 1.54) is 36.4 Å². The molecular weight excluding hydrogens is 577 g/mol. The number of carbonyl (C=O) groups excluding carboxylic acids is 3. The highest BCUT2D eigenvalue weighted by molar-refractivity contribution is 9.12. The zero-order chi connectivity index (χ0) is 24.3. The van der Waals surface area contributed by atoms with Gasteiger partial charge < -0.3 is 0 Å². The molecule has 34 heavy (non-hydrogen) atoms. The smallest absolute Gasteiger partial charge is 0.272 e. The molecule has 3 aliphatic rings. The first-order valence-electron chi connectivity index (χ1n) is 10.7. The van der Waals surface area contributed by atoms with Crippen molar-refractivity contribution in [2.75, 3.05) is 0 Å². The summed E-state index contributed by atoms with van der Waals surface area (Å²) in [6.45, 7) is -0.379. The average Bonchev–Trinajstić information content (AvgIpc) is 3.43. The van der Waals surface area contributed by atoms with E-state index in [1.807, 2.05) is 0 Å². The summed E-state index contributed by atoms with van der Waals surface area (Å²) in [4.78, 5) is 51.2. The van der Waals surface area contributed by atoms with Gasteiger partial charge in [0.2, 0.25) is 0 Å². The van der Waals surface area contributed by atoms with Gasteiger partial charge in [0.25, 0.3) is 23.4 Å². The number of rotatable bonds is 5. The molecule has 3 amide bonds. The fourth-order valence-corrected chi connectivity index (χ4v) is 7.37. The van der Waals surface area contributed by atoms with Crippen molar-refractivity contribution < 1.29 is 23.7 Å². The molecule has 1 saturated heterocycles. The van der Waals surface area contributed by atoms with Crippen LogP contribution in [0, 0.1) is 39.6 Å². The van der Waals surface area contributed by atoms with Gasteiger partial charge in [-0.05, 0) is 30.4 Å². The third-order valence-corrected chi connectivity index (χ3v) is 10.2. The van der Waals surface area contributed by atoms with E-state index in [1.54, 1.807) is 6.07 Å². The number of nitro benzene ring substituents is 1. The van der Waals surface area contributed by atoms with Crippen LogP contribution in [0.2, 0.25) is 0 Å².